The van der Waals surface area contributed by atoms with Crippen molar-refractivity contribution in [2.24, 2.45) is 0 Å². The van der Waals surface area contributed by atoms with Crippen molar-refractivity contribution in [3.8, 4) is 22.6 Å². The van der Waals surface area contributed by atoms with Crippen LogP contribution < -0.4 is 4.74 Å². The number of hydrogen-bond acceptors (Lipinski definition) is 4. The van der Waals surface area contributed by atoms with E-state index in [2.05, 4.69) is 10.2 Å². The molecular formula is C18H16N2O3. The fraction of sp³-hybridized carbons (Fsp3) is 0.111. The van der Waals surface area contributed by atoms with E-state index in [-0.39, 0.29) is 0 Å². The average molecular weight is 308 g/mol. The topological polar surface area (TPSA) is 64.2 Å². The van der Waals surface area contributed by atoms with Crippen molar-refractivity contribution in [3.05, 3.63) is 66.0 Å². The molecule has 0 saturated carbocycles. The molecule has 2 aromatic carbocycles. The molecule has 0 atom stereocenters. The molecule has 3 rings (SSSR count). The number of carbonyl (C=O) groups is 1. The van der Waals surface area contributed by atoms with E-state index in [1.54, 1.807) is 24.5 Å². The number of aromatic nitrogens is 2. The number of hydrogen-bond donors (Lipinski definition) is 1. The monoisotopic (exact) mass is 308 g/mol. The summed E-state index contributed by atoms with van der Waals surface area (Å²) < 4.78 is 10.7. The summed E-state index contributed by atoms with van der Waals surface area (Å²) in [4.78, 5) is 12.1. The van der Waals surface area contributed by atoms with Crippen LogP contribution in [0.4, 0.5) is 0 Å². The lowest BCUT2D eigenvalue weighted by Gasteiger charge is -2.11. The van der Waals surface area contributed by atoms with Gasteiger partial charge in [-0.15, -0.1) is 0 Å². The molecule has 0 aliphatic rings. The second-order valence-electron chi connectivity index (χ2n) is 5.10. The van der Waals surface area contributed by atoms with Crippen LogP contribution in [0.25, 0.3) is 11.1 Å². The molecule has 0 spiro atoms. The Labute approximate surface area is 133 Å². The Morgan fingerprint density at radius 3 is 2.52 bits per heavy atom. The van der Waals surface area contributed by atoms with Gasteiger partial charge >= 0.3 is 5.97 Å². The average Bonchev–Trinajstić information content (AvgIpc) is 3.11. The number of benzene rings is 2. The third-order valence-corrected chi connectivity index (χ3v) is 3.47. The Balaban J connectivity index is 1.98. The first-order chi connectivity index (χ1) is 11.2. The van der Waals surface area contributed by atoms with Crippen LogP contribution in [0.5, 0.6) is 11.5 Å². The molecule has 1 aromatic heterocycles. The van der Waals surface area contributed by atoms with Crippen molar-refractivity contribution in [2.75, 3.05) is 7.11 Å². The van der Waals surface area contributed by atoms with E-state index >= 15 is 0 Å². The van der Waals surface area contributed by atoms with Crippen LogP contribution in [0.1, 0.15) is 15.9 Å². The van der Waals surface area contributed by atoms with E-state index in [1.807, 2.05) is 37.3 Å². The Bertz CT molecular complexity index is 809. The predicted molar refractivity (Wildman–Crippen MR) is 86.6 cm³/mol. The maximum Gasteiger partial charge on any atom is 0.341 e. The molecule has 3 aromatic rings. The van der Waals surface area contributed by atoms with Gasteiger partial charge in [0.2, 0.25) is 0 Å². The Kier molecular flexibility index (Phi) is 4.10. The summed E-state index contributed by atoms with van der Waals surface area (Å²) in [6, 6.07) is 13.0. The molecule has 23 heavy (non-hydrogen) atoms. The van der Waals surface area contributed by atoms with E-state index in [4.69, 9.17) is 9.47 Å². The Hall–Kier alpha value is -3.08. The molecule has 0 amide bonds. The van der Waals surface area contributed by atoms with Crippen molar-refractivity contribution in [1.82, 2.24) is 10.2 Å². The van der Waals surface area contributed by atoms with Crippen molar-refractivity contribution in [3.63, 3.8) is 0 Å². The molecule has 0 unspecified atom stereocenters. The molecule has 0 aliphatic heterocycles. The second-order valence-corrected chi connectivity index (χ2v) is 5.10. The lowest BCUT2D eigenvalue weighted by Crippen LogP contribution is -2.04. The SMILES string of the molecule is COC(=O)c1cc(-c2cn[nH]c2)ccc1Oc1ccc(C)cc1. The summed E-state index contributed by atoms with van der Waals surface area (Å²) in [5.41, 5.74) is 3.25. The van der Waals surface area contributed by atoms with Crippen LogP contribution in [0.3, 0.4) is 0 Å². The number of rotatable bonds is 4. The second kappa shape index (κ2) is 6.36. The van der Waals surface area contributed by atoms with Crippen molar-refractivity contribution in [2.45, 2.75) is 6.92 Å². The van der Waals surface area contributed by atoms with Crippen LogP contribution in [0, 0.1) is 6.92 Å². The van der Waals surface area contributed by atoms with Crippen molar-refractivity contribution >= 4 is 5.97 Å². The van der Waals surface area contributed by atoms with Gasteiger partial charge in [-0.05, 0) is 36.8 Å². The minimum absolute atomic E-state index is 0.367. The van der Waals surface area contributed by atoms with Gasteiger partial charge in [0.05, 0.1) is 13.3 Å². The lowest BCUT2D eigenvalue weighted by atomic mass is 10.1. The predicted octanol–water partition coefficient (Wildman–Crippen LogP) is 3.96. The number of ether oxygens (including phenoxy) is 2. The molecule has 0 radical (unpaired) electrons. The third kappa shape index (κ3) is 3.23. The zero-order valence-corrected chi connectivity index (χ0v) is 12.9. The van der Waals surface area contributed by atoms with Crippen LogP contribution >= 0.6 is 0 Å². The van der Waals surface area contributed by atoms with Crippen molar-refractivity contribution in [1.29, 1.82) is 0 Å². The highest BCUT2D eigenvalue weighted by molar-refractivity contribution is 5.94. The number of nitrogens with one attached hydrogen (secondary N) is 1. The first kappa shape index (κ1) is 14.8. The summed E-state index contributed by atoms with van der Waals surface area (Å²) in [5, 5.41) is 6.67. The number of esters is 1. The summed E-state index contributed by atoms with van der Waals surface area (Å²) in [6.07, 6.45) is 3.45. The summed E-state index contributed by atoms with van der Waals surface area (Å²) in [5.74, 6) is 0.669. The molecule has 0 bridgehead atoms. The van der Waals surface area contributed by atoms with Gasteiger partial charge in [-0.2, -0.15) is 5.10 Å². The smallest absolute Gasteiger partial charge is 0.341 e. The maximum absolute atomic E-state index is 12.1. The molecular weight excluding hydrogens is 292 g/mol. The largest absolute Gasteiger partial charge is 0.465 e. The first-order valence-electron chi connectivity index (χ1n) is 7.13. The van der Waals surface area contributed by atoms with E-state index in [1.165, 1.54) is 7.11 Å². The van der Waals surface area contributed by atoms with Crippen LogP contribution in [-0.2, 0) is 4.74 Å². The summed E-state index contributed by atoms with van der Waals surface area (Å²) in [6.45, 7) is 2.00. The summed E-state index contributed by atoms with van der Waals surface area (Å²) >= 11 is 0. The van der Waals surface area contributed by atoms with Gasteiger partial charge in [-0.25, -0.2) is 4.79 Å². The van der Waals surface area contributed by atoms with E-state index < -0.39 is 5.97 Å². The molecule has 1 heterocycles. The zero-order valence-electron chi connectivity index (χ0n) is 12.9. The fourth-order valence-electron chi connectivity index (χ4n) is 2.21. The molecule has 0 fully saturated rings. The minimum Gasteiger partial charge on any atom is -0.465 e. The highest BCUT2D eigenvalue weighted by Crippen LogP contribution is 2.30. The summed E-state index contributed by atoms with van der Waals surface area (Å²) in [7, 11) is 1.35. The fourth-order valence-corrected chi connectivity index (χ4v) is 2.21. The maximum atomic E-state index is 12.1. The normalized spacial score (nSPS) is 10.3. The zero-order chi connectivity index (χ0) is 16.2. The number of aryl methyl sites for hydroxylation is 1. The standard InChI is InChI=1S/C18H16N2O3/c1-12-3-6-15(7-4-12)23-17-8-5-13(14-10-19-20-11-14)9-16(17)18(21)22-2/h3-11H,1-2H3,(H,19,20). The molecule has 0 saturated heterocycles. The van der Waals surface area contributed by atoms with Gasteiger partial charge < -0.3 is 9.47 Å². The van der Waals surface area contributed by atoms with Crippen LogP contribution in [-0.4, -0.2) is 23.3 Å². The molecule has 1 N–H and O–H groups in total. The Morgan fingerprint density at radius 2 is 1.87 bits per heavy atom. The van der Waals surface area contributed by atoms with E-state index in [0.717, 1.165) is 16.7 Å². The number of methoxy groups -OCH3 is 1. The van der Waals surface area contributed by atoms with Crippen LogP contribution in [0.15, 0.2) is 54.9 Å². The quantitative estimate of drug-likeness (QED) is 0.741. The molecule has 0 aliphatic carbocycles. The van der Waals surface area contributed by atoms with Gasteiger partial charge in [-0.3, -0.25) is 5.10 Å². The van der Waals surface area contributed by atoms with Gasteiger partial charge in [0.1, 0.15) is 17.1 Å². The molecule has 5 heteroatoms. The minimum atomic E-state index is -0.447. The first-order valence-corrected chi connectivity index (χ1v) is 7.13. The van der Waals surface area contributed by atoms with E-state index in [9.17, 15) is 4.79 Å². The number of nitrogens with zero attached hydrogens (tertiary/aromatic N) is 1. The number of carbonyl (C=O) groups excluding carboxylic acids is 1. The van der Waals surface area contributed by atoms with Gasteiger partial charge in [-0.1, -0.05) is 23.8 Å². The highest BCUT2D eigenvalue weighted by atomic mass is 16.5. The number of H-pyrrole nitrogens is 1. The van der Waals surface area contributed by atoms with Crippen molar-refractivity contribution < 1.29 is 14.3 Å². The van der Waals surface area contributed by atoms with E-state index in [0.29, 0.717) is 17.1 Å². The van der Waals surface area contributed by atoms with Gasteiger partial charge in [0, 0.05) is 11.8 Å². The van der Waals surface area contributed by atoms with Gasteiger partial charge in [0.15, 0.2) is 0 Å². The third-order valence-electron chi connectivity index (χ3n) is 3.47. The highest BCUT2D eigenvalue weighted by Gasteiger charge is 2.15. The lowest BCUT2D eigenvalue weighted by molar-refractivity contribution is 0.0598. The molecule has 116 valence electrons. The van der Waals surface area contributed by atoms with Gasteiger partial charge in [0.25, 0.3) is 0 Å². The van der Waals surface area contributed by atoms with Crippen LogP contribution in [0.2, 0.25) is 0 Å². The molecule has 5 nitrogen and oxygen atoms in total. The Morgan fingerprint density at radius 1 is 1.09 bits per heavy atom. The number of aromatic amines is 1.